The van der Waals surface area contributed by atoms with Gasteiger partial charge in [-0.1, -0.05) is 12.8 Å². The monoisotopic (exact) mass is 315 g/mol. The highest BCUT2D eigenvalue weighted by molar-refractivity contribution is 5.44. The van der Waals surface area contributed by atoms with Gasteiger partial charge in [0.25, 0.3) is 0 Å². The van der Waals surface area contributed by atoms with Crippen molar-refractivity contribution in [3.8, 4) is 0 Å². The van der Waals surface area contributed by atoms with Gasteiger partial charge in [-0.2, -0.15) is 0 Å². The lowest BCUT2D eigenvalue weighted by Gasteiger charge is -2.36. The summed E-state index contributed by atoms with van der Waals surface area (Å²) in [4.78, 5) is 5.08. The molecule has 0 aliphatic carbocycles. The Labute approximate surface area is 136 Å². The second-order valence-corrected chi connectivity index (χ2v) is 6.89. The summed E-state index contributed by atoms with van der Waals surface area (Å²) in [6.07, 6.45) is 8.13. The van der Waals surface area contributed by atoms with Crippen LogP contribution in [0, 0.1) is 5.92 Å². The average Bonchev–Trinajstić information content (AvgIpc) is 2.91. The molecule has 1 atom stereocenters. The predicted molar refractivity (Wildman–Crippen MR) is 88.4 cm³/mol. The van der Waals surface area contributed by atoms with Crippen LogP contribution in [0.4, 0.5) is 5.82 Å². The normalized spacial score (nSPS) is 24.0. The summed E-state index contributed by atoms with van der Waals surface area (Å²) < 4.78 is 1.52. The molecule has 2 aromatic rings. The molecule has 7 heteroatoms. The van der Waals surface area contributed by atoms with Crippen molar-refractivity contribution in [2.24, 2.45) is 5.92 Å². The van der Waals surface area contributed by atoms with Gasteiger partial charge < -0.3 is 9.80 Å². The van der Waals surface area contributed by atoms with E-state index in [1.165, 1.54) is 62.8 Å². The minimum atomic E-state index is 0.701. The lowest BCUT2D eigenvalue weighted by Crippen LogP contribution is -2.41. The Morgan fingerprint density at radius 1 is 1.00 bits per heavy atom. The minimum Gasteiger partial charge on any atom is -0.355 e. The van der Waals surface area contributed by atoms with E-state index in [-0.39, 0.29) is 0 Å². The number of anilines is 1. The van der Waals surface area contributed by atoms with Crippen LogP contribution in [0.1, 0.15) is 38.5 Å². The molecule has 2 aliphatic rings. The van der Waals surface area contributed by atoms with Crippen LogP contribution in [0.2, 0.25) is 0 Å². The highest BCUT2D eigenvalue weighted by atomic mass is 15.6. The number of piperidine rings is 1. The molecule has 0 unspecified atom stereocenters. The predicted octanol–water partition coefficient (Wildman–Crippen LogP) is 1.61. The Bertz CT molecular complexity index is 632. The maximum atomic E-state index is 4.55. The van der Waals surface area contributed by atoms with Crippen molar-refractivity contribution in [3.05, 3.63) is 12.1 Å². The van der Waals surface area contributed by atoms with Crippen LogP contribution in [-0.2, 0) is 0 Å². The van der Waals surface area contributed by atoms with Crippen molar-refractivity contribution >= 4 is 11.5 Å². The third-order valence-corrected chi connectivity index (χ3v) is 5.11. The fraction of sp³-hybridized carbons (Fsp3) is 0.750. The molecule has 0 saturated carbocycles. The highest BCUT2D eigenvalue weighted by Gasteiger charge is 2.23. The van der Waals surface area contributed by atoms with Gasteiger partial charge >= 0.3 is 0 Å². The fourth-order valence-corrected chi connectivity index (χ4v) is 3.91. The molecular weight excluding hydrogens is 290 g/mol. The van der Waals surface area contributed by atoms with E-state index in [1.807, 2.05) is 12.1 Å². The molecule has 4 rings (SSSR count). The van der Waals surface area contributed by atoms with Crippen LogP contribution in [0.25, 0.3) is 5.65 Å². The van der Waals surface area contributed by atoms with Gasteiger partial charge in [-0.05, 0) is 67.3 Å². The van der Waals surface area contributed by atoms with Gasteiger partial charge in [0.2, 0.25) is 0 Å². The molecule has 2 aromatic heterocycles. The zero-order valence-electron chi connectivity index (χ0n) is 13.6. The van der Waals surface area contributed by atoms with Crippen LogP contribution >= 0.6 is 0 Å². The van der Waals surface area contributed by atoms with Gasteiger partial charge in [-0.25, -0.2) is 0 Å². The zero-order valence-corrected chi connectivity index (χ0v) is 13.6. The van der Waals surface area contributed by atoms with Gasteiger partial charge in [-0.3, -0.25) is 0 Å². The maximum Gasteiger partial charge on any atom is 0.200 e. The molecule has 2 aliphatic heterocycles. The van der Waals surface area contributed by atoms with Gasteiger partial charge in [0.05, 0.1) is 0 Å². The molecule has 4 heterocycles. The van der Waals surface area contributed by atoms with Crippen LogP contribution in [0.5, 0.6) is 0 Å². The zero-order chi connectivity index (χ0) is 15.5. The standard InChI is InChI=1S/C16H25N7/c1-2-4-10-21(9-3-1)12-14-6-5-11-22(13-14)16-8-7-15-17-19-20-23(15)18-16/h7-8,14H,1-6,9-13H2/t14-/m0/s1. The quantitative estimate of drug-likeness (QED) is 0.857. The minimum absolute atomic E-state index is 0.701. The van der Waals surface area contributed by atoms with Crippen molar-refractivity contribution in [3.63, 3.8) is 0 Å². The third kappa shape index (κ3) is 3.44. The maximum absolute atomic E-state index is 4.55. The summed E-state index contributed by atoms with van der Waals surface area (Å²) in [5, 5.41) is 16.0. The van der Waals surface area contributed by atoms with Crippen molar-refractivity contribution in [1.82, 2.24) is 30.2 Å². The topological polar surface area (TPSA) is 62.5 Å². The Kier molecular flexibility index (Phi) is 4.37. The molecule has 0 spiro atoms. The number of nitrogens with zero attached hydrogens (tertiary/aromatic N) is 7. The Hall–Kier alpha value is -1.76. The van der Waals surface area contributed by atoms with E-state index < -0.39 is 0 Å². The molecule has 124 valence electrons. The molecule has 0 amide bonds. The van der Waals surface area contributed by atoms with Gasteiger partial charge in [0, 0.05) is 19.6 Å². The van der Waals surface area contributed by atoms with Crippen LogP contribution in [-0.4, -0.2) is 62.9 Å². The molecule has 2 fully saturated rings. The number of likely N-dealkylation sites (tertiary alicyclic amines) is 1. The smallest absolute Gasteiger partial charge is 0.200 e. The molecule has 7 nitrogen and oxygen atoms in total. The molecule has 0 radical (unpaired) electrons. The molecular formula is C16H25N7. The van der Waals surface area contributed by atoms with Crippen LogP contribution < -0.4 is 4.90 Å². The molecule has 0 aromatic carbocycles. The average molecular weight is 315 g/mol. The van der Waals surface area contributed by atoms with Gasteiger partial charge in [0.1, 0.15) is 0 Å². The van der Waals surface area contributed by atoms with E-state index in [0.29, 0.717) is 5.65 Å². The van der Waals surface area contributed by atoms with Crippen LogP contribution in [0.3, 0.4) is 0 Å². The first-order chi connectivity index (χ1) is 11.4. The Morgan fingerprint density at radius 2 is 1.87 bits per heavy atom. The molecule has 2 saturated heterocycles. The van der Waals surface area contributed by atoms with E-state index in [0.717, 1.165) is 24.8 Å². The van der Waals surface area contributed by atoms with Crippen molar-refractivity contribution in [2.75, 3.05) is 37.6 Å². The Morgan fingerprint density at radius 3 is 2.74 bits per heavy atom. The van der Waals surface area contributed by atoms with E-state index in [9.17, 15) is 0 Å². The number of rotatable bonds is 3. The largest absolute Gasteiger partial charge is 0.355 e. The van der Waals surface area contributed by atoms with Crippen LogP contribution in [0.15, 0.2) is 12.1 Å². The summed E-state index contributed by atoms with van der Waals surface area (Å²) in [6.45, 7) is 5.98. The molecule has 0 N–H and O–H groups in total. The summed E-state index contributed by atoms with van der Waals surface area (Å²) >= 11 is 0. The molecule has 0 bridgehead atoms. The first-order valence-corrected chi connectivity index (χ1v) is 8.91. The first kappa shape index (κ1) is 14.8. The van der Waals surface area contributed by atoms with E-state index in [1.54, 1.807) is 0 Å². The Balaban J connectivity index is 1.41. The number of fused-ring (bicyclic) bond motifs is 1. The highest BCUT2D eigenvalue weighted by Crippen LogP contribution is 2.23. The number of aromatic nitrogens is 5. The SMILES string of the molecule is c1cc2nnnn2nc1N1CCC[C@@H](CN2CCCCCC2)C1. The summed E-state index contributed by atoms with van der Waals surface area (Å²) in [5.41, 5.74) is 0.701. The summed E-state index contributed by atoms with van der Waals surface area (Å²) in [6, 6.07) is 3.99. The van der Waals surface area contributed by atoms with Crippen molar-refractivity contribution < 1.29 is 0 Å². The van der Waals surface area contributed by atoms with Crippen molar-refractivity contribution in [1.29, 1.82) is 0 Å². The summed E-state index contributed by atoms with van der Waals surface area (Å²) in [5.74, 6) is 1.73. The number of tetrazole rings is 1. The number of hydrogen-bond donors (Lipinski definition) is 0. The lowest BCUT2D eigenvalue weighted by molar-refractivity contribution is 0.222. The number of hydrogen-bond acceptors (Lipinski definition) is 6. The van der Waals surface area contributed by atoms with Gasteiger partial charge in [0.15, 0.2) is 11.5 Å². The lowest BCUT2D eigenvalue weighted by atomic mass is 9.97. The summed E-state index contributed by atoms with van der Waals surface area (Å²) in [7, 11) is 0. The van der Waals surface area contributed by atoms with Crippen molar-refractivity contribution in [2.45, 2.75) is 38.5 Å². The molecule has 23 heavy (non-hydrogen) atoms. The fourth-order valence-electron chi connectivity index (χ4n) is 3.91. The van der Waals surface area contributed by atoms with E-state index in [4.69, 9.17) is 0 Å². The first-order valence-electron chi connectivity index (χ1n) is 8.91. The van der Waals surface area contributed by atoms with E-state index in [2.05, 4.69) is 30.4 Å². The van der Waals surface area contributed by atoms with E-state index >= 15 is 0 Å². The second kappa shape index (κ2) is 6.78. The second-order valence-electron chi connectivity index (χ2n) is 6.89. The van der Waals surface area contributed by atoms with Gasteiger partial charge in [-0.15, -0.1) is 14.8 Å². The third-order valence-electron chi connectivity index (χ3n) is 5.11.